The Kier molecular flexibility index (Phi) is 5.81. The van der Waals surface area contributed by atoms with Crippen LogP contribution in [0.5, 0.6) is 0 Å². The van der Waals surface area contributed by atoms with E-state index >= 15 is 0 Å². The number of aromatic nitrogens is 2. The molecule has 0 radical (unpaired) electrons. The van der Waals surface area contributed by atoms with E-state index in [1.54, 1.807) is 6.92 Å². The highest BCUT2D eigenvalue weighted by molar-refractivity contribution is 5.73. The summed E-state index contributed by atoms with van der Waals surface area (Å²) in [6.07, 6.45) is 2.78. The normalized spacial score (nSPS) is 19.0. The number of rotatable bonds is 6. The largest absolute Gasteiger partial charge is 0.342 e. The number of benzene rings is 1. The first-order valence-electron chi connectivity index (χ1n) is 9.03. The molecule has 25 heavy (non-hydrogen) atoms. The highest BCUT2D eigenvalue weighted by Crippen LogP contribution is 2.26. The maximum Gasteiger partial charge on any atom is 0.244 e. The lowest BCUT2D eigenvalue weighted by atomic mass is 9.97. The van der Waals surface area contributed by atoms with Crippen molar-refractivity contribution in [3.8, 4) is 0 Å². The Hall–Kier alpha value is -2.21. The molecule has 1 aromatic heterocycles. The van der Waals surface area contributed by atoms with Crippen LogP contribution in [-0.4, -0.2) is 40.6 Å². The minimum atomic E-state index is 0.00107. The summed E-state index contributed by atoms with van der Waals surface area (Å²) in [6.45, 7) is 6.02. The molecule has 1 saturated heterocycles. The van der Waals surface area contributed by atoms with Gasteiger partial charge in [-0.05, 0) is 31.4 Å². The summed E-state index contributed by atoms with van der Waals surface area (Å²) in [6, 6.07) is 10.3. The number of likely N-dealkylation sites (N-methyl/N-ethyl adjacent to an activating group) is 1. The van der Waals surface area contributed by atoms with Crippen LogP contribution in [-0.2, 0) is 11.2 Å². The topological polar surface area (TPSA) is 71.3 Å². The predicted octanol–water partition coefficient (Wildman–Crippen LogP) is 2.69. The minimum Gasteiger partial charge on any atom is -0.342 e. The van der Waals surface area contributed by atoms with E-state index in [1.807, 2.05) is 23.1 Å². The van der Waals surface area contributed by atoms with Gasteiger partial charge < -0.3 is 14.7 Å². The molecule has 6 nitrogen and oxygen atoms in total. The molecule has 134 valence electrons. The summed E-state index contributed by atoms with van der Waals surface area (Å²) in [4.78, 5) is 18.2. The van der Waals surface area contributed by atoms with Crippen molar-refractivity contribution >= 4 is 5.91 Å². The van der Waals surface area contributed by atoms with Crippen molar-refractivity contribution in [2.75, 3.05) is 19.6 Å². The van der Waals surface area contributed by atoms with Crippen molar-refractivity contribution in [1.82, 2.24) is 20.4 Å². The molecule has 0 aliphatic carbocycles. The van der Waals surface area contributed by atoms with Gasteiger partial charge in [0.1, 0.15) is 0 Å². The van der Waals surface area contributed by atoms with Gasteiger partial charge in [-0.1, -0.05) is 42.4 Å². The molecule has 1 fully saturated rings. The molecule has 0 saturated carbocycles. The van der Waals surface area contributed by atoms with Crippen LogP contribution in [0.1, 0.15) is 55.9 Å². The maximum atomic E-state index is 11.6. The predicted molar refractivity (Wildman–Crippen MR) is 95.1 cm³/mol. The third-order valence-electron chi connectivity index (χ3n) is 4.72. The SMILES string of the molecule is CCNC(Cc1ccccc1)c1nc(C2CCCN(C(C)=O)C2)no1. The molecule has 1 N–H and O–H groups in total. The maximum absolute atomic E-state index is 11.6. The second kappa shape index (κ2) is 8.25. The Morgan fingerprint density at radius 2 is 2.20 bits per heavy atom. The standard InChI is InChI=1S/C19H26N4O2/c1-3-20-17(12-15-8-5-4-6-9-15)19-21-18(22-25-19)16-10-7-11-23(13-16)14(2)24/h4-6,8-9,16-17,20H,3,7,10-13H2,1-2H3. The summed E-state index contributed by atoms with van der Waals surface area (Å²) >= 11 is 0. The Morgan fingerprint density at radius 3 is 2.92 bits per heavy atom. The molecule has 0 spiro atoms. The molecular weight excluding hydrogens is 316 g/mol. The fraction of sp³-hybridized carbons (Fsp3) is 0.526. The molecule has 6 heteroatoms. The first kappa shape index (κ1) is 17.6. The fourth-order valence-corrected chi connectivity index (χ4v) is 3.37. The summed E-state index contributed by atoms with van der Waals surface area (Å²) < 4.78 is 5.57. The van der Waals surface area contributed by atoms with Crippen molar-refractivity contribution in [2.45, 2.75) is 45.1 Å². The van der Waals surface area contributed by atoms with Crippen molar-refractivity contribution in [3.05, 3.63) is 47.6 Å². The quantitative estimate of drug-likeness (QED) is 0.874. The second-order valence-electron chi connectivity index (χ2n) is 6.59. The molecule has 2 unspecified atom stereocenters. The number of hydrogen-bond acceptors (Lipinski definition) is 5. The molecule has 1 aliphatic heterocycles. The Labute approximate surface area is 148 Å². The first-order chi connectivity index (χ1) is 12.2. The van der Waals surface area contributed by atoms with E-state index in [4.69, 9.17) is 4.52 Å². The molecule has 2 aromatic rings. The Morgan fingerprint density at radius 1 is 1.40 bits per heavy atom. The Balaban J connectivity index is 1.72. The van der Waals surface area contributed by atoms with Crippen LogP contribution >= 0.6 is 0 Å². The number of carbonyl (C=O) groups is 1. The van der Waals surface area contributed by atoms with Gasteiger partial charge in [0.25, 0.3) is 0 Å². The Bertz CT molecular complexity index is 686. The summed E-state index contributed by atoms with van der Waals surface area (Å²) in [5, 5.41) is 7.64. The van der Waals surface area contributed by atoms with Gasteiger partial charge in [-0.25, -0.2) is 0 Å². The summed E-state index contributed by atoms with van der Waals surface area (Å²) in [5.41, 5.74) is 1.23. The zero-order valence-corrected chi connectivity index (χ0v) is 14.9. The minimum absolute atomic E-state index is 0.00107. The molecule has 0 bridgehead atoms. The number of amides is 1. The molecule has 2 heterocycles. The average Bonchev–Trinajstić information content (AvgIpc) is 3.12. The van der Waals surface area contributed by atoms with Gasteiger partial charge in [0.05, 0.1) is 6.04 Å². The van der Waals surface area contributed by atoms with E-state index in [9.17, 15) is 4.79 Å². The monoisotopic (exact) mass is 342 g/mol. The zero-order valence-electron chi connectivity index (χ0n) is 14.9. The van der Waals surface area contributed by atoms with Gasteiger partial charge in [-0.3, -0.25) is 4.79 Å². The molecule has 1 amide bonds. The van der Waals surface area contributed by atoms with Gasteiger partial charge in [0, 0.05) is 25.9 Å². The lowest BCUT2D eigenvalue weighted by Crippen LogP contribution is -2.37. The van der Waals surface area contributed by atoms with Crippen LogP contribution in [0.3, 0.4) is 0 Å². The molecular formula is C19H26N4O2. The van der Waals surface area contributed by atoms with E-state index in [1.165, 1.54) is 5.56 Å². The number of likely N-dealkylation sites (tertiary alicyclic amines) is 1. The van der Waals surface area contributed by atoms with Crippen LogP contribution in [0.4, 0.5) is 0 Å². The second-order valence-corrected chi connectivity index (χ2v) is 6.59. The molecule has 2 atom stereocenters. The average molecular weight is 342 g/mol. The number of hydrogen-bond donors (Lipinski definition) is 1. The number of piperidine rings is 1. The van der Waals surface area contributed by atoms with Gasteiger partial charge in [0.2, 0.25) is 11.8 Å². The highest BCUT2D eigenvalue weighted by atomic mass is 16.5. The number of carbonyl (C=O) groups excluding carboxylic acids is 1. The van der Waals surface area contributed by atoms with Crippen molar-refractivity contribution < 1.29 is 9.32 Å². The van der Waals surface area contributed by atoms with E-state index in [0.29, 0.717) is 12.4 Å². The van der Waals surface area contributed by atoms with Crippen LogP contribution in [0.15, 0.2) is 34.9 Å². The van der Waals surface area contributed by atoms with E-state index < -0.39 is 0 Å². The smallest absolute Gasteiger partial charge is 0.244 e. The van der Waals surface area contributed by atoms with Gasteiger partial charge in [-0.15, -0.1) is 0 Å². The summed E-state index contributed by atoms with van der Waals surface area (Å²) in [5.74, 6) is 1.62. The van der Waals surface area contributed by atoms with E-state index in [0.717, 1.165) is 38.2 Å². The third-order valence-corrected chi connectivity index (χ3v) is 4.72. The van der Waals surface area contributed by atoms with E-state index in [-0.39, 0.29) is 17.9 Å². The fourth-order valence-electron chi connectivity index (χ4n) is 3.37. The summed E-state index contributed by atoms with van der Waals surface area (Å²) in [7, 11) is 0. The van der Waals surface area contributed by atoms with Gasteiger partial charge in [-0.2, -0.15) is 4.98 Å². The van der Waals surface area contributed by atoms with Crippen LogP contribution in [0.2, 0.25) is 0 Å². The highest BCUT2D eigenvalue weighted by Gasteiger charge is 2.28. The van der Waals surface area contributed by atoms with E-state index in [2.05, 4.69) is 34.5 Å². The lowest BCUT2D eigenvalue weighted by Gasteiger charge is -2.30. The lowest BCUT2D eigenvalue weighted by molar-refractivity contribution is -0.130. The van der Waals surface area contributed by atoms with Crippen molar-refractivity contribution in [2.24, 2.45) is 0 Å². The van der Waals surface area contributed by atoms with Crippen LogP contribution in [0.25, 0.3) is 0 Å². The first-order valence-corrected chi connectivity index (χ1v) is 9.03. The zero-order chi connectivity index (χ0) is 17.6. The van der Waals surface area contributed by atoms with Crippen molar-refractivity contribution in [1.29, 1.82) is 0 Å². The van der Waals surface area contributed by atoms with Crippen LogP contribution in [0, 0.1) is 0 Å². The van der Waals surface area contributed by atoms with Gasteiger partial charge in [0.15, 0.2) is 5.82 Å². The number of nitrogens with zero attached hydrogens (tertiary/aromatic N) is 3. The molecule has 1 aliphatic rings. The van der Waals surface area contributed by atoms with Crippen LogP contribution < -0.4 is 5.32 Å². The van der Waals surface area contributed by atoms with Gasteiger partial charge >= 0.3 is 0 Å². The number of nitrogens with one attached hydrogen (secondary N) is 1. The molecule has 1 aromatic carbocycles. The molecule has 3 rings (SSSR count). The van der Waals surface area contributed by atoms with Crippen molar-refractivity contribution in [3.63, 3.8) is 0 Å². The third kappa shape index (κ3) is 4.45.